The second-order valence-electron chi connectivity index (χ2n) is 5.01. The summed E-state index contributed by atoms with van der Waals surface area (Å²) in [6, 6.07) is 0. The zero-order chi connectivity index (χ0) is 16.2. The number of carbonyl (C=O) groups is 2. The molecule has 3 nitrogen and oxygen atoms in total. The fraction of sp³-hybridized carbons (Fsp3) is 0.333. The Balaban J connectivity index is 3.44. The predicted octanol–water partition coefficient (Wildman–Crippen LogP) is 3.87. The summed E-state index contributed by atoms with van der Waals surface area (Å²) in [5.74, 6) is -0.389. The predicted molar refractivity (Wildman–Crippen MR) is 85.6 cm³/mol. The lowest BCUT2D eigenvalue weighted by Crippen LogP contribution is -2.04. The molecule has 1 aromatic rings. The summed E-state index contributed by atoms with van der Waals surface area (Å²) in [7, 11) is 1.35. The molecule has 0 spiro atoms. The number of allylic oxidation sites excluding steroid dienone is 1. The minimum Gasteiger partial charge on any atom is -0.465 e. The Kier molecular flexibility index (Phi) is 5.65. The summed E-state index contributed by atoms with van der Waals surface area (Å²) in [5.41, 5.74) is 6.32. The fourth-order valence-corrected chi connectivity index (χ4v) is 2.31. The van der Waals surface area contributed by atoms with Gasteiger partial charge in [-0.3, -0.25) is 4.79 Å². The molecule has 0 aliphatic rings. The maximum Gasteiger partial charge on any atom is 0.337 e. The maximum absolute atomic E-state index is 11.6. The van der Waals surface area contributed by atoms with Crippen LogP contribution in [0.1, 0.15) is 45.1 Å². The topological polar surface area (TPSA) is 43.4 Å². The Morgan fingerprint density at radius 2 is 1.48 bits per heavy atom. The molecule has 0 aromatic heterocycles. The maximum atomic E-state index is 11.6. The molecule has 3 heteroatoms. The highest BCUT2D eigenvalue weighted by Gasteiger charge is 2.13. The van der Waals surface area contributed by atoms with Gasteiger partial charge < -0.3 is 4.74 Å². The van der Waals surface area contributed by atoms with E-state index in [9.17, 15) is 9.59 Å². The standard InChI is InChI=1S/C18H22O3/c1-7-15(18(20)21-6)8-9-16-13(4)11(2)12(3)14(5)17(16)10-19/h7-10H,1-6H3. The molecular weight excluding hydrogens is 264 g/mol. The van der Waals surface area contributed by atoms with Crippen LogP contribution < -0.4 is 0 Å². The molecule has 1 rings (SSSR count). The van der Waals surface area contributed by atoms with Gasteiger partial charge in [-0.2, -0.15) is 0 Å². The number of esters is 1. The number of hydrogen-bond donors (Lipinski definition) is 0. The third-order valence-corrected chi connectivity index (χ3v) is 4.07. The minimum atomic E-state index is -0.389. The Bertz CT molecular complexity index is 635. The fourth-order valence-electron chi connectivity index (χ4n) is 2.31. The van der Waals surface area contributed by atoms with E-state index in [-0.39, 0.29) is 5.97 Å². The van der Waals surface area contributed by atoms with Crippen LogP contribution in [-0.4, -0.2) is 19.4 Å². The zero-order valence-corrected chi connectivity index (χ0v) is 13.5. The number of hydrogen-bond acceptors (Lipinski definition) is 3. The summed E-state index contributed by atoms with van der Waals surface area (Å²) in [4.78, 5) is 23.0. The van der Waals surface area contributed by atoms with E-state index < -0.39 is 0 Å². The lowest BCUT2D eigenvalue weighted by atomic mass is 9.89. The van der Waals surface area contributed by atoms with Gasteiger partial charge in [0.1, 0.15) is 0 Å². The molecule has 0 amide bonds. The van der Waals surface area contributed by atoms with Crippen molar-refractivity contribution in [2.75, 3.05) is 7.11 Å². The van der Waals surface area contributed by atoms with Gasteiger partial charge in [0.2, 0.25) is 0 Å². The molecule has 0 radical (unpaired) electrons. The van der Waals surface area contributed by atoms with Crippen molar-refractivity contribution in [3.8, 4) is 0 Å². The van der Waals surface area contributed by atoms with E-state index in [1.165, 1.54) is 7.11 Å². The Morgan fingerprint density at radius 3 is 1.90 bits per heavy atom. The lowest BCUT2D eigenvalue weighted by molar-refractivity contribution is -0.135. The van der Waals surface area contributed by atoms with Crippen LogP contribution in [-0.2, 0) is 9.53 Å². The molecule has 0 N–H and O–H groups in total. The number of rotatable bonds is 4. The molecule has 0 fully saturated rings. The summed E-state index contributed by atoms with van der Waals surface area (Å²) in [5, 5.41) is 0. The highest BCUT2D eigenvalue weighted by Crippen LogP contribution is 2.27. The van der Waals surface area contributed by atoms with E-state index in [4.69, 9.17) is 4.74 Å². The molecule has 0 heterocycles. The summed E-state index contributed by atoms with van der Waals surface area (Å²) in [6.07, 6.45) is 6.06. The third kappa shape index (κ3) is 3.30. The number of ether oxygens (including phenoxy) is 1. The van der Waals surface area contributed by atoms with Gasteiger partial charge in [0.15, 0.2) is 6.29 Å². The summed E-state index contributed by atoms with van der Waals surface area (Å²) < 4.78 is 4.72. The van der Waals surface area contributed by atoms with Gasteiger partial charge in [0.05, 0.1) is 12.7 Å². The van der Waals surface area contributed by atoms with Crippen molar-refractivity contribution < 1.29 is 14.3 Å². The molecule has 0 aliphatic heterocycles. The van der Waals surface area contributed by atoms with Crippen LogP contribution in [0.3, 0.4) is 0 Å². The Hall–Kier alpha value is -2.16. The van der Waals surface area contributed by atoms with Gasteiger partial charge in [-0.25, -0.2) is 4.79 Å². The van der Waals surface area contributed by atoms with Gasteiger partial charge in [-0.15, -0.1) is 0 Å². The number of methoxy groups -OCH3 is 1. The van der Waals surface area contributed by atoms with Crippen LogP contribution in [0, 0.1) is 27.7 Å². The second kappa shape index (κ2) is 7.02. The molecular formula is C18H22O3. The number of carbonyl (C=O) groups excluding carboxylic acids is 2. The molecule has 0 saturated heterocycles. The average Bonchev–Trinajstić information content (AvgIpc) is 2.50. The largest absolute Gasteiger partial charge is 0.465 e. The molecule has 1 aromatic carbocycles. The first kappa shape index (κ1) is 16.9. The van der Waals surface area contributed by atoms with E-state index >= 15 is 0 Å². The van der Waals surface area contributed by atoms with Crippen molar-refractivity contribution in [3.05, 3.63) is 51.1 Å². The van der Waals surface area contributed by atoms with E-state index in [0.717, 1.165) is 34.1 Å². The zero-order valence-electron chi connectivity index (χ0n) is 13.5. The van der Waals surface area contributed by atoms with Crippen LogP contribution in [0.5, 0.6) is 0 Å². The van der Waals surface area contributed by atoms with Gasteiger partial charge in [-0.1, -0.05) is 12.2 Å². The quantitative estimate of drug-likeness (QED) is 0.365. The van der Waals surface area contributed by atoms with Crippen LogP contribution in [0.25, 0.3) is 6.08 Å². The van der Waals surface area contributed by atoms with Crippen LogP contribution in [0.2, 0.25) is 0 Å². The average molecular weight is 286 g/mol. The van der Waals surface area contributed by atoms with E-state index in [0.29, 0.717) is 11.1 Å². The van der Waals surface area contributed by atoms with Gasteiger partial charge in [0, 0.05) is 5.56 Å². The van der Waals surface area contributed by atoms with E-state index in [1.54, 1.807) is 19.1 Å². The SMILES string of the molecule is CC=C(C=Cc1c(C)c(C)c(C)c(C)c1C=O)C(=O)OC. The minimum absolute atomic E-state index is 0.389. The third-order valence-electron chi connectivity index (χ3n) is 4.07. The van der Waals surface area contributed by atoms with Gasteiger partial charge in [0.25, 0.3) is 0 Å². The molecule has 0 unspecified atom stereocenters. The van der Waals surface area contributed by atoms with E-state index in [1.807, 2.05) is 33.8 Å². The normalized spacial score (nSPS) is 11.8. The molecule has 0 aliphatic carbocycles. The lowest BCUT2D eigenvalue weighted by Gasteiger charge is -2.15. The monoisotopic (exact) mass is 286 g/mol. The summed E-state index contributed by atoms with van der Waals surface area (Å²) in [6.45, 7) is 9.77. The van der Waals surface area contributed by atoms with Crippen LogP contribution >= 0.6 is 0 Å². The first-order chi connectivity index (χ1) is 9.88. The first-order valence-electron chi connectivity index (χ1n) is 6.87. The van der Waals surface area contributed by atoms with Crippen molar-refractivity contribution in [2.24, 2.45) is 0 Å². The molecule has 112 valence electrons. The molecule has 0 bridgehead atoms. The number of aldehydes is 1. The highest BCUT2D eigenvalue weighted by molar-refractivity contribution is 5.94. The molecule has 0 saturated carbocycles. The Morgan fingerprint density at radius 1 is 0.952 bits per heavy atom. The number of benzene rings is 1. The molecule has 21 heavy (non-hydrogen) atoms. The second-order valence-corrected chi connectivity index (χ2v) is 5.01. The highest BCUT2D eigenvalue weighted by atomic mass is 16.5. The van der Waals surface area contributed by atoms with Crippen LogP contribution in [0.4, 0.5) is 0 Å². The summed E-state index contributed by atoms with van der Waals surface area (Å²) >= 11 is 0. The molecule has 0 atom stereocenters. The Labute approximate surface area is 126 Å². The van der Waals surface area contributed by atoms with Gasteiger partial charge >= 0.3 is 5.97 Å². The van der Waals surface area contributed by atoms with Crippen molar-refractivity contribution in [1.29, 1.82) is 0 Å². The van der Waals surface area contributed by atoms with Crippen molar-refractivity contribution in [2.45, 2.75) is 34.6 Å². The van der Waals surface area contributed by atoms with Crippen molar-refractivity contribution in [1.82, 2.24) is 0 Å². The smallest absolute Gasteiger partial charge is 0.337 e. The van der Waals surface area contributed by atoms with Crippen molar-refractivity contribution in [3.63, 3.8) is 0 Å². The first-order valence-corrected chi connectivity index (χ1v) is 6.87. The van der Waals surface area contributed by atoms with Crippen LogP contribution in [0.15, 0.2) is 17.7 Å². The van der Waals surface area contributed by atoms with E-state index in [2.05, 4.69) is 0 Å². The van der Waals surface area contributed by atoms with Gasteiger partial charge in [-0.05, 0) is 68.5 Å². The van der Waals surface area contributed by atoms with Crippen molar-refractivity contribution >= 4 is 18.3 Å².